The molecule has 0 saturated carbocycles. The van der Waals surface area contributed by atoms with Gasteiger partial charge in [0.15, 0.2) is 0 Å². The molecule has 4 nitrogen and oxygen atoms in total. The molecule has 82 valence electrons. The van der Waals surface area contributed by atoms with E-state index in [1.807, 2.05) is 24.3 Å². The summed E-state index contributed by atoms with van der Waals surface area (Å²) < 4.78 is 10.5. The second-order valence-electron chi connectivity index (χ2n) is 3.90. The van der Waals surface area contributed by atoms with Gasteiger partial charge in [-0.1, -0.05) is 18.2 Å². The highest BCUT2D eigenvalue weighted by atomic mass is 16.6. The van der Waals surface area contributed by atoms with E-state index in [2.05, 4.69) is 0 Å². The Kier molecular flexibility index (Phi) is 2.63. The number of carbonyl (C=O) groups is 1. The Labute approximate surface area is 88.2 Å². The topological polar surface area (TPSA) is 59.1 Å². The predicted octanol–water partition coefficient (Wildman–Crippen LogP) is 0.564. The van der Waals surface area contributed by atoms with Crippen molar-refractivity contribution in [3.63, 3.8) is 0 Å². The maximum Gasteiger partial charge on any atom is 0.332 e. The van der Waals surface area contributed by atoms with Crippen LogP contribution in [0, 0.1) is 0 Å². The fourth-order valence-electron chi connectivity index (χ4n) is 1.91. The summed E-state index contributed by atoms with van der Waals surface area (Å²) in [6.45, 7) is 1.23. The quantitative estimate of drug-likeness (QED) is 0.544. The van der Waals surface area contributed by atoms with Gasteiger partial charge in [0.1, 0.15) is 24.4 Å². The molecule has 0 bridgehead atoms. The Bertz CT molecular complexity index is 321. The molecule has 3 unspecified atom stereocenters. The first-order valence-corrected chi connectivity index (χ1v) is 5.00. The van der Waals surface area contributed by atoms with Crippen LogP contribution in [0.2, 0.25) is 0 Å². The SMILES string of the molecule is CC(CC12C=CC=CC1O2)OC(=O)CO. The van der Waals surface area contributed by atoms with Crippen LogP contribution in [0.25, 0.3) is 0 Å². The smallest absolute Gasteiger partial charge is 0.332 e. The fourth-order valence-corrected chi connectivity index (χ4v) is 1.91. The number of allylic oxidation sites excluding steroid dienone is 2. The lowest BCUT2D eigenvalue weighted by atomic mass is 9.94. The van der Waals surface area contributed by atoms with Gasteiger partial charge < -0.3 is 14.6 Å². The van der Waals surface area contributed by atoms with Crippen molar-refractivity contribution >= 4 is 5.97 Å². The third-order valence-electron chi connectivity index (χ3n) is 2.61. The highest BCUT2D eigenvalue weighted by Gasteiger charge is 2.54. The number of aliphatic hydroxyl groups excluding tert-OH is 1. The van der Waals surface area contributed by atoms with E-state index >= 15 is 0 Å². The second kappa shape index (κ2) is 3.79. The summed E-state index contributed by atoms with van der Waals surface area (Å²) in [6, 6.07) is 0. The molecule has 1 aliphatic carbocycles. The summed E-state index contributed by atoms with van der Waals surface area (Å²) in [7, 11) is 0. The Morgan fingerprint density at radius 3 is 3.13 bits per heavy atom. The van der Waals surface area contributed by atoms with E-state index in [-0.39, 0.29) is 17.8 Å². The van der Waals surface area contributed by atoms with E-state index in [0.29, 0.717) is 6.42 Å². The number of aliphatic hydroxyl groups is 1. The van der Waals surface area contributed by atoms with Crippen LogP contribution < -0.4 is 0 Å². The zero-order valence-electron chi connectivity index (χ0n) is 8.55. The van der Waals surface area contributed by atoms with Crippen molar-refractivity contribution in [3.05, 3.63) is 24.3 Å². The highest BCUT2D eigenvalue weighted by Crippen LogP contribution is 2.45. The molecule has 0 spiro atoms. The molecule has 3 atom stereocenters. The number of ether oxygens (including phenoxy) is 2. The van der Waals surface area contributed by atoms with Gasteiger partial charge in [-0.2, -0.15) is 0 Å². The minimum atomic E-state index is -0.591. The van der Waals surface area contributed by atoms with Crippen molar-refractivity contribution in [2.75, 3.05) is 6.61 Å². The van der Waals surface area contributed by atoms with Gasteiger partial charge in [-0.15, -0.1) is 0 Å². The molecule has 1 heterocycles. The van der Waals surface area contributed by atoms with Gasteiger partial charge in [-0.3, -0.25) is 0 Å². The van der Waals surface area contributed by atoms with Crippen molar-refractivity contribution in [1.29, 1.82) is 0 Å². The Morgan fingerprint density at radius 2 is 2.47 bits per heavy atom. The van der Waals surface area contributed by atoms with E-state index in [4.69, 9.17) is 14.6 Å². The van der Waals surface area contributed by atoms with Gasteiger partial charge in [-0.25, -0.2) is 4.79 Å². The maximum atomic E-state index is 10.8. The summed E-state index contributed by atoms with van der Waals surface area (Å²) in [4.78, 5) is 10.8. The summed E-state index contributed by atoms with van der Waals surface area (Å²) in [6.07, 6.45) is 8.36. The highest BCUT2D eigenvalue weighted by molar-refractivity contribution is 5.70. The van der Waals surface area contributed by atoms with Crippen molar-refractivity contribution < 1.29 is 19.4 Å². The first-order chi connectivity index (χ1) is 7.16. The van der Waals surface area contributed by atoms with Crippen molar-refractivity contribution in [3.8, 4) is 0 Å². The van der Waals surface area contributed by atoms with E-state index < -0.39 is 12.6 Å². The largest absolute Gasteiger partial charge is 0.461 e. The van der Waals surface area contributed by atoms with Crippen LogP contribution in [0.5, 0.6) is 0 Å². The van der Waals surface area contributed by atoms with Crippen LogP contribution in [0.1, 0.15) is 13.3 Å². The minimum Gasteiger partial charge on any atom is -0.461 e. The molecule has 1 aliphatic heterocycles. The monoisotopic (exact) mass is 210 g/mol. The van der Waals surface area contributed by atoms with Crippen molar-refractivity contribution in [1.82, 2.24) is 0 Å². The first kappa shape index (κ1) is 10.4. The number of fused-ring (bicyclic) bond motifs is 1. The van der Waals surface area contributed by atoms with Gasteiger partial charge in [0, 0.05) is 6.42 Å². The molecule has 0 aromatic carbocycles. The van der Waals surface area contributed by atoms with Gasteiger partial charge in [-0.05, 0) is 13.0 Å². The Balaban J connectivity index is 1.85. The fraction of sp³-hybridized carbons (Fsp3) is 0.545. The average molecular weight is 210 g/mol. The van der Waals surface area contributed by atoms with Gasteiger partial charge in [0.2, 0.25) is 0 Å². The van der Waals surface area contributed by atoms with Crippen molar-refractivity contribution in [2.45, 2.75) is 31.2 Å². The molecule has 1 N–H and O–H groups in total. The summed E-state index contributed by atoms with van der Waals surface area (Å²) in [5.74, 6) is -0.591. The Hall–Kier alpha value is -1.13. The molecule has 1 fully saturated rings. The maximum absolute atomic E-state index is 10.8. The average Bonchev–Trinajstić information content (AvgIpc) is 2.90. The molecular formula is C11H14O4. The molecule has 0 aromatic rings. The Morgan fingerprint density at radius 1 is 1.67 bits per heavy atom. The third-order valence-corrected chi connectivity index (χ3v) is 2.61. The van der Waals surface area contributed by atoms with Crippen LogP contribution >= 0.6 is 0 Å². The lowest BCUT2D eigenvalue weighted by Crippen LogP contribution is -2.25. The van der Waals surface area contributed by atoms with Gasteiger partial charge >= 0.3 is 5.97 Å². The molecule has 4 heteroatoms. The summed E-state index contributed by atoms with van der Waals surface area (Å²) in [5.41, 5.74) is -0.274. The van der Waals surface area contributed by atoms with Crippen LogP contribution in [0.4, 0.5) is 0 Å². The third kappa shape index (κ3) is 2.11. The predicted molar refractivity (Wildman–Crippen MR) is 53.1 cm³/mol. The second-order valence-corrected chi connectivity index (χ2v) is 3.90. The number of carbonyl (C=O) groups excluding carboxylic acids is 1. The number of hydrogen-bond acceptors (Lipinski definition) is 4. The van der Waals surface area contributed by atoms with E-state index in [1.54, 1.807) is 6.92 Å². The minimum absolute atomic E-state index is 0.123. The molecule has 0 aromatic heterocycles. The molecule has 2 rings (SSSR count). The molecule has 0 radical (unpaired) electrons. The summed E-state index contributed by atoms with van der Waals surface area (Å²) >= 11 is 0. The van der Waals surface area contributed by atoms with E-state index in [9.17, 15) is 4.79 Å². The molecule has 15 heavy (non-hydrogen) atoms. The van der Waals surface area contributed by atoms with E-state index in [1.165, 1.54) is 0 Å². The van der Waals surface area contributed by atoms with Crippen LogP contribution in [-0.2, 0) is 14.3 Å². The number of rotatable bonds is 4. The van der Waals surface area contributed by atoms with Crippen LogP contribution in [-0.4, -0.2) is 35.5 Å². The molecule has 2 aliphatic rings. The van der Waals surface area contributed by atoms with Gasteiger partial charge in [0.25, 0.3) is 0 Å². The lowest BCUT2D eigenvalue weighted by molar-refractivity contribution is -0.152. The number of esters is 1. The number of hydrogen-bond donors (Lipinski definition) is 1. The molecule has 1 saturated heterocycles. The lowest BCUT2D eigenvalue weighted by Gasteiger charge is -2.16. The summed E-state index contributed by atoms with van der Waals surface area (Å²) in [5, 5.41) is 8.53. The van der Waals surface area contributed by atoms with Gasteiger partial charge in [0.05, 0.1) is 0 Å². The first-order valence-electron chi connectivity index (χ1n) is 5.00. The molecular weight excluding hydrogens is 196 g/mol. The standard InChI is InChI=1S/C11H14O4/c1-8(14-10(13)7-12)6-11-5-3-2-4-9(11)15-11/h2-5,8-9,12H,6-7H2,1H3. The number of epoxide rings is 1. The van der Waals surface area contributed by atoms with Crippen molar-refractivity contribution in [2.24, 2.45) is 0 Å². The zero-order valence-corrected chi connectivity index (χ0v) is 8.55. The normalized spacial score (nSPS) is 33.3. The molecule has 0 amide bonds. The van der Waals surface area contributed by atoms with Crippen LogP contribution in [0.15, 0.2) is 24.3 Å². The van der Waals surface area contributed by atoms with Crippen LogP contribution in [0.3, 0.4) is 0 Å². The van der Waals surface area contributed by atoms with E-state index in [0.717, 1.165) is 0 Å². The zero-order chi connectivity index (χ0) is 10.9.